The SMILES string of the molecule is O/N=C\c1nc(C#CCCCl)ccc1F. The van der Waals surface area contributed by atoms with Crippen LogP contribution in [0.3, 0.4) is 0 Å². The van der Waals surface area contributed by atoms with Crippen molar-refractivity contribution in [3.63, 3.8) is 0 Å². The molecule has 0 aliphatic carbocycles. The van der Waals surface area contributed by atoms with Crippen molar-refractivity contribution in [2.24, 2.45) is 5.16 Å². The molecule has 0 fully saturated rings. The van der Waals surface area contributed by atoms with Crippen molar-refractivity contribution in [3.8, 4) is 11.8 Å². The zero-order valence-electron chi connectivity index (χ0n) is 7.74. The van der Waals surface area contributed by atoms with Gasteiger partial charge in [0.05, 0.1) is 6.21 Å². The number of halogens is 2. The molecule has 0 aliphatic heterocycles. The maximum absolute atomic E-state index is 13.0. The number of nitrogens with zero attached hydrogens (tertiary/aromatic N) is 2. The molecule has 1 heterocycles. The third-order valence-corrected chi connectivity index (χ3v) is 1.68. The standard InChI is InChI=1S/C10H8ClFN2O/c11-6-2-1-3-8-4-5-9(12)10(14-8)7-13-15/h4-5,7,15H,2,6H2/b13-7-. The largest absolute Gasteiger partial charge is 0.411 e. The number of hydrogen-bond acceptors (Lipinski definition) is 3. The molecule has 5 heteroatoms. The normalized spacial score (nSPS) is 10.0. The summed E-state index contributed by atoms with van der Waals surface area (Å²) in [5.41, 5.74) is 0.367. The first-order valence-corrected chi connectivity index (χ1v) is 4.70. The van der Waals surface area contributed by atoms with Crippen LogP contribution in [0.25, 0.3) is 0 Å². The summed E-state index contributed by atoms with van der Waals surface area (Å²) in [6, 6.07) is 2.67. The molecule has 0 atom stereocenters. The summed E-state index contributed by atoms with van der Waals surface area (Å²) in [5, 5.41) is 11.0. The van der Waals surface area contributed by atoms with E-state index in [1.807, 2.05) is 0 Å². The van der Waals surface area contributed by atoms with Crippen LogP contribution in [0.1, 0.15) is 17.8 Å². The van der Waals surface area contributed by atoms with Gasteiger partial charge in [-0.25, -0.2) is 9.37 Å². The average Bonchev–Trinajstić information content (AvgIpc) is 2.23. The Kier molecular flexibility index (Phi) is 4.58. The summed E-state index contributed by atoms with van der Waals surface area (Å²) in [5.74, 6) is 5.37. The predicted octanol–water partition coefficient (Wildman–Crippen LogP) is 2.01. The van der Waals surface area contributed by atoms with E-state index in [4.69, 9.17) is 16.8 Å². The minimum Gasteiger partial charge on any atom is -0.411 e. The molecule has 0 unspecified atom stereocenters. The summed E-state index contributed by atoms with van der Waals surface area (Å²) < 4.78 is 13.0. The van der Waals surface area contributed by atoms with Gasteiger partial charge in [0.25, 0.3) is 0 Å². The molecule has 78 valence electrons. The third kappa shape index (κ3) is 3.56. The minimum absolute atomic E-state index is 0.0461. The minimum atomic E-state index is -0.560. The van der Waals surface area contributed by atoms with Crippen LogP contribution < -0.4 is 0 Å². The molecule has 0 amide bonds. The Labute approximate surface area is 91.6 Å². The lowest BCUT2D eigenvalue weighted by molar-refractivity contribution is 0.321. The van der Waals surface area contributed by atoms with Crippen LogP contribution in [-0.2, 0) is 0 Å². The van der Waals surface area contributed by atoms with Gasteiger partial charge in [-0.3, -0.25) is 0 Å². The Morgan fingerprint density at radius 2 is 2.40 bits per heavy atom. The Bertz CT molecular complexity index is 423. The molecule has 0 radical (unpaired) electrons. The molecule has 1 aromatic rings. The summed E-state index contributed by atoms with van der Waals surface area (Å²) in [6.45, 7) is 0. The zero-order chi connectivity index (χ0) is 11.1. The van der Waals surface area contributed by atoms with Crippen molar-refractivity contribution < 1.29 is 9.60 Å². The molecular formula is C10H8ClFN2O. The van der Waals surface area contributed by atoms with Gasteiger partial charge in [0.15, 0.2) is 5.82 Å². The lowest BCUT2D eigenvalue weighted by atomic mass is 10.3. The lowest BCUT2D eigenvalue weighted by Crippen LogP contribution is -1.95. The Morgan fingerprint density at radius 1 is 1.60 bits per heavy atom. The highest BCUT2D eigenvalue weighted by Crippen LogP contribution is 2.03. The molecule has 15 heavy (non-hydrogen) atoms. The van der Waals surface area contributed by atoms with Crippen molar-refractivity contribution in [1.29, 1.82) is 0 Å². The van der Waals surface area contributed by atoms with Crippen LogP contribution in [0, 0.1) is 17.7 Å². The molecule has 0 saturated carbocycles. The van der Waals surface area contributed by atoms with Crippen LogP contribution >= 0.6 is 11.6 Å². The second-order valence-corrected chi connectivity index (χ2v) is 2.93. The second kappa shape index (κ2) is 5.99. The van der Waals surface area contributed by atoms with Gasteiger partial charge >= 0.3 is 0 Å². The summed E-state index contributed by atoms with van der Waals surface area (Å²) in [7, 11) is 0. The summed E-state index contributed by atoms with van der Waals surface area (Å²) >= 11 is 5.44. The fourth-order valence-corrected chi connectivity index (χ4v) is 0.968. The lowest BCUT2D eigenvalue weighted by Gasteiger charge is -1.95. The summed E-state index contributed by atoms with van der Waals surface area (Å²) in [4.78, 5) is 3.83. The summed E-state index contributed by atoms with van der Waals surface area (Å²) in [6.07, 6.45) is 1.46. The van der Waals surface area contributed by atoms with Gasteiger partial charge in [0.1, 0.15) is 11.4 Å². The molecule has 0 saturated heterocycles. The quantitative estimate of drug-likeness (QED) is 0.276. The van der Waals surface area contributed by atoms with E-state index >= 15 is 0 Å². The molecule has 0 aromatic carbocycles. The fourth-order valence-electron chi connectivity index (χ4n) is 0.873. The van der Waals surface area contributed by atoms with E-state index in [0.717, 1.165) is 6.21 Å². The Morgan fingerprint density at radius 3 is 3.07 bits per heavy atom. The molecule has 3 nitrogen and oxygen atoms in total. The first kappa shape index (κ1) is 11.5. The van der Waals surface area contributed by atoms with E-state index < -0.39 is 5.82 Å². The van der Waals surface area contributed by atoms with Crippen molar-refractivity contribution in [3.05, 3.63) is 29.3 Å². The molecule has 1 rings (SSSR count). The van der Waals surface area contributed by atoms with Gasteiger partial charge in [0.2, 0.25) is 0 Å². The molecule has 1 aromatic heterocycles. The van der Waals surface area contributed by atoms with Crippen molar-refractivity contribution in [2.45, 2.75) is 6.42 Å². The van der Waals surface area contributed by atoms with Crippen molar-refractivity contribution in [2.75, 3.05) is 5.88 Å². The van der Waals surface area contributed by atoms with Crippen LogP contribution in [0.2, 0.25) is 0 Å². The van der Waals surface area contributed by atoms with E-state index in [2.05, 4.69) is 22.0 Å². The number of aromatic nitrogens is 1. The van der Waals surface area contributed by atoms with Crippen LogP contribution in [0.4, 0.5) is 4.39 Å². The highest BCUT2D eigenvalue weighted by molar-refractivity contribution is 6.18. The van der Waals surface area contributed by atoms with Crippen molar-refractivity contribution in [1.82, 2.24) is 4.98 Å². The first-order chi connectivity index (χ1) is 7.27. The third-order valence-electron chi connectivity index (χ3n) is 1.49. The van der Waals surface area contributed by atoms with Gasteiger partial charge in [-0.15, -0.1) is 11.6 Å². The Balaban J connectivity index is 2.93. The maximum atomic E-state index is 13.0. The monoisotopic (exact) mass is 226 g/mol. The van der Waals surface area contributed by atoms with Crippen LogP contribution in [0.5, 0.6) is 0 Å². The zero-order valence-corrected chi connectivity index (χ0v) is 8.50. The molecular weight excluding hydrogens is 219 g/mol. The molecule has 0 bridgehead atoms. The highest BCUT2D eigenvalue weighted by Gasteiger charge is 2.01. The number of oxime groups is 1. The van der Waals surface area contributed by atoms with Crippen molar-refractivity contribution >= 4 is 17.8 Å². The molecule has 0 aliphatic rings. The number of rotatable bonds is 2. The van der Waals surface area contributed by atoms with Gasteiger partial charge in [0, 0.05) is 12.3 Å². The topological polar surface area (TPSA) is 45.5 Å². The second-order valence-electron chi connectivity index (χ2n) is 2.55. The number of pyridine rings is 1. The number of alkyl halides is 1. The fraction of sp³-hybridized carbons (Fsp3) is 0.200. The predicted molar refractivity (Wildman–Crippen MR) is 55.8 cm³/mol. The van der Waals surface area contributed by atoms with E-state index in [9.17, 15) is 4.39 Å². The molecule has 1 N–H and O–H groups in total. The molecule has 0 spiro atoms. The first-order valence-electron chi connectivity index (χ1n) is 4.16. The van der Waals surface area contributed by atoms with Gasteiger partial charge in [-0.05, 0) is 18.1 Å². The number of hydrogen-bond donors (Lipinski definition) is 1. The van der Waals surface area contributed by atoms with Crippen LogP contribution in [0.15, 0.2) is 17.3 Å². The van der Waals surface area contributed by atoms with Gasteiger partial charge in [-0.2, -0.15) is 0 Å². The average molecular weight is 227 g/mol. The Hall–Kier alpha value is -1.60. The van der Waals surface area contributed by atoms with Gasteiger partial charge < -0.3 is 5.21 Å². The van der Waals surface area contributed by atoms with E-state index in [-0.39, 0.29) is 5.69 Å². The van der Waals surface area contributed by atoms with Gasteiger partial charge in [-0.1, -0.05) is 11.1 Å². The van der Waals surface area contributed by atoms with E-state index in [1.165, 1.54) is 12.1 Å². The van der Waals surface area contributed by atoms with E-state index in [1.54, 1.807) is 0 Å². The smallest absolute Gasteiger partial charge is 0.150 e. The maximum Gasteiger partial charge on any atom is 0.150 e. The highest BCUT2D eigenvalue weighted by atomic mass is 35.5. The van der Waals surface area contributed by atoms with Crippen LogP contribution in [-0.4, -0.2) is 22.3 Å². The van der Waals surface area contributed by atoms with E-state index in [0.29, 0.717) is 18.0 Å².